The third-order valence-electron chi connectivity index (χ3n) is 4.65. The first-order valence-corrected chi connectivity index (χ1v) is 7.88. The van der Waals surface area contributed by atoms with E-state index in [4.69, 9.17) is 0 Å². The van der Waals surface area contributed by atoms with Gasteiger partial charge in [-0.1, -0.05) is 13.3 Å². The lowest BCUT2D eigenvalue weighted by atomic mass is 9.84. The Balaban J connectivity index is 1.67. The normalized spacial score (nSPS) is 23.0. The molecule has 0 amide bonds. The first-order valence-electron chi connectivity index (χ1n) is 7.88. The van der Waals surface area contributed by atoms with Crippen molar-refractivity contribution in [2.75, 3.05) is 25.5 Å². The predicted octanol–water partition coefficient (Wildman–Crippen LogP) is 4.14. The predicted molar refractivity (Wildman–Crippen MR) is 83.6 cm³/mol. The highest BCUT2D eigenvalue weighted by Gasteiger charge is 2.22. The maximum atomic E-state index is 12.8. The number of likely N-dealkylation sites (N-methyl/N-ethyl adjacent to an activating group) is 1. The molecule has 0 radical (unpaired) electrons. The molecule has 1 aliphatic carbocycles. The van der Waals surface area contributed by atoms with Crippen molar-refractivity contribution in [2.45, 2.75) is 45.1 Å². The Labute approximate surface area is 122 Å². The lowest BCUT2D eigenvalue weighted by molar-refractivity contribution is 0.168. The van der Waals surface area contributed by atoms with Gasteiger partial charge in [0.15, 0.2) is 0 Å². The van der Waals surface area contributed by atoms with E-state index in [1.54, 1.807) is 12.1 Å². The van der Waals surface area contributed by atoms with Gasteiger partial charge in [-0.05, 0) is 62.9 Å². The first-order chi connectivity index (χ1) is 9.69. The standard InChI is InChI=1S/C17H27FN2/c1-3-14-4-10-17(11-5-14)20(2)13-12-19-16-8-6-15(18)7-9-16/h6-9,14,17,19H,3-5,10-13H2,1-2H3. The molecule has 1 saturated carbocycles. The molecule has 1 aliphatic rings. The highest BCUT2D eigenvalue weighted by Crippen LogP contribution is 2.28. The zero-order valence-electron chi connectivity index (χ0n) is 12.7. The zero-order valence-corrected chi connectivity index (χ0v) is 12.7. The summed E-state index contributed by atoms with van der Waals surface area (Å²) in [6, 6.07) is 7.33. The van der Waals surface area contributed by atoms with E-state index in [0.717, 1.165) is 30.7 Å². The summed E-state index contributed by atoms with van der Waals surface area (Å²) in [5, 5.41) is 3.35. The summed E-state index contributed by atoms with van der Waals surface area (Å²) in [5.41, 5.74) is 0.995. The number of nitrogens with zero attached hydrogens (tertiary/aromatic N) is 1. The maximum Gasteiger partial charge on any atom is 0.123 e. The van der Waals surface area contributed by atoms with Gasteiger partial charge in [-0.3, -0.25) is 0 Å². The molecule has 1 N–H and O–H groups in total. The molecule has 0 spiro atoms. The van der Waals surface area contributed by atoms with Crippen molar-refractivity contribution in [3.63, 3.8) is 0 Å². The van der Waals surface area contributed by atoms with Crippen LogP contribution in [0.15, 0.2) is 24.3 Å². The minimum atomic E-state index is -0.180. The van der Waals surface area contributed by atoms with Crippen LogP contribution in [0.4, 0.5) is 10.1 Å². The van der Waals surface area contributed by atoms with E-state index in [-0.39, 0.29) is 5.82 Å². The van der Waals surface area contributed by atoms with Crippen LogP contribution in [0.3, 0.4) is 0 Å². The van der Waals surface area contributed by atoms with E-state index in [1.165, 1.54) is 44.2 Å². The molecular formula is C17H27FN2. The fourth-order valence-electron chi connectivity index (χ4n) is 3.12. The van der Waals surface area contributed by atoms with Crippen molar-refractivity contribution in [3.8, 4) is 0 Å². The van der Waals surface area contributed by atoms with Crippen molar-refractivity contribution >= 4 is 5.69 Å². The van der Waals surface area contributed by atoms with E-state index < -0.39 is 0 Å². The Morgan fingerprint density at radius 3 is 2.40 bits per heavy atom. The monoisotopic (exact) mass is 278 g/mol. The minimum absolute atomic E-state index is 0.180. The highest BCUT2D eigenvalue weighted by atomic mass is 19.1. The largest absolute Gasteiger partial charge is 0.384 e. The summed E-state index contributed by atoms with van der Waals surface area (Å²) in [6.45, 7) is 4.26. The number of hydrogen-bond acceptors (Lipinski definition) is 2. The van der Waals surface area contributed by atoms with Crippen LogP contribution in [0.2, 0.25) is 0 Å². The zero-order chi connectivity index (χ0) is 14.4. The molecule has 0 atom stereocenters. The number of nitrogens with one attached hydrogen (secondary N) is 1. The molecular weight excluding hydrogens is 251 g/mol. The molecule has 2 rings (SSSR count). The van der Waals surface area contributed by atoms with Crippen LogP contribution in [0, 0.1) is 11.7 Å². The molecule has 0 heterocycles. The molecule has 1 aromatic rings. The van der Waals surface area contributed by atoms with Crippen molar-refractivity contribution < 1.29 is 4.39 Å². The van der Waals surface area contributed by atoms with E-state index >= 15 is 0 Å². The topological polar surface area (TPSA) is 15.3 Å². The van der Waals surface area contributed by atoms with Crippen molar-refractivity contribution in [1.82, 2.24) is 4.90 Å². The second-order valence-electron chi connectivity index (χ2n) is 6.00. The maximum absolute atomic E-state index is 12.8. The minimum Gasteiger partial charge on any atom is -0.384 e. The number of benzene rings is 1. The van der Waals surface area contributed by atoms with Gasteiger partial charge in [0.1, 0.15) is 5.82 Å². The summed E-state index contributed by atoms with van der Waals surface area (Å²) in [6.07, 6.45) is 6.79. The Bertz CT molecular complexity index is 382. The number of rotatable bonds is 6. The number of halogens is 1. The van der Waals surface area contributed by atoms with Gasteiger partial charge in [0.05, 0.1) is 0 Å². The van der Waals surface area contributed by atoms with Crippen LogP contribution in [-0.2, 0) is 0 Å². The second kappa shape index (κ2) is 7.63. The van der Waals surface area contributed by atoms with E-state index in [9.17, 15) is 4.39 Å². The third-order valence-corrected chi connectivity index (χ3v) is 4.65. The fraction of sp³-hybridized carbons (Fsp3) is 0.647. The molecule has 0 aliphatic heterocycles. The van der Waals surface area contributed by atoms with Gasteiger partial charge in [0.2, 0.25) is 0 Å². The summed E-state index contributed by atoms with van der Waals surface area (Å²) in [7, 11) is 2.23. The summed E-state index contributed by atoms with van der Waals surface area (Å²) < 4.78 is 12.8. The van der Waals surface area contributed by atoms with Crippen LogP contribution in [0.1, 0.15) is 39.0 Å². The van der Waals surface area contributed by atoms with Crippen LogP contribution in [-0.4, -0.2) is 31.1 Å². The Morgan fingerprint density at radius 1 is 1.15 bits per heavy atom. The number of anilines is 1. The molecule has 1 aromatic carbocycles. The van der Waals surface area contributed by atoms with Gasteiger partial charge in [-0.2, -0.15) is 0 Å². The van der Waals surface area contributed by atoms with Crippen LogP contribution < -0.4 is 5.32 Å². The SMILES string of the molecule is CCC1CCC(N(C)CCNc2ccc(F)cc2)CC1. The first kappa shape index (κ1) is 15.3. The van der Waals surface area contributed by atoms with Crippen molar-refractivity contribution in [3.05, 3.63) is 30.1 Å². The van der Waals surface area contributed by atoms with Crippen LogP contribution in [0.25, 0.3) is 0 Å². The molecule has 0 unspecified atom stereocenters. The summed E-state index contributed by atoms with van der Waals surface area (Å²) >= 11 is 0. The van der Waals surface area contributed by atoms with Crippen molar-refractivity contribution in [2.24, 2.45) is 5.92 Å². The van der Waals surface area contributed by atoms with Gasteiger partial charge in [-0.15, -0.1) is 0 Å². The quantitative estimate of drug-likeness (QED) is 0.841. The molecule has 0 bridgehead atoms. The Hall–Kier alpha value is -1.09. The molecule has 112 valence electrons. The van der Waals surface area contributed by atoms with Gasteiger partial charge >= 0.3 is 0 Å². The molecule has 0 aromatic heterocycles. The summed E-state index contributed by atoms with van der Waals surface area (Å²) in [5.74, 6) is 0.775. The van der Waals surface area contributed by atoms with Gasteiger partial charge in [0, 0.05) is 24.8 Å². The van der Waals surface area contributed by atoms with E-state index in [0.29, 0.717) is 0 Å². The van der Waals surface area contributed by atoms with Gasteiger partial charge in [-0.25, -0.2) is 4.39 Å². The molecule has 0 saturated heterocycles. The molecule has 3 heteroatoms. The Kier molecular flexibility index (Phi) is 5.84. The molecule has 20 heavy (non-hydrogen) atoms. The lowest BCUT2D eigenvalue weighted by Gasteiger charge is -2.34. The van der Waals surface area contributed by atoms with Gasteiger partial charge < -0.3 is 10.2 Å². The second-order valence-corrected chi connectivity index (χ2v) is 6.00. The van der Waals surface area contributed by atoms with E-state index in [1.807, 2.05) is 0 Å². The third kappa shape index (κ3) is 4.48. The Morgan fingerprint density at radius 2 is 1.80 bits per heavy atom. The van der Waals surface area contributed by atoms with Crippen molar-refractivity contribution in [1.29, 1.82) is 0 Å². The molecule has 2 nitrogen and oxygen atoms in total. The lowest BCUT2D eigenvalue weighted by Crippen LogP contribution is -2.37. The van der Waals surface area contributed by atoms with Gasteiger partial charge in [0.25, 0.3) is 0 Å². The fourth-order valence-corrected chi connectivity index (χ4v) is 3.12. The van der Waals surface area contributed by atoms with E-state index in [2.05, 4.69) is 24.2 Å². The number of hydrogen-bond donors (Lipinski definition) is 1. The average Bonchev–Trinajstić information content (AvgIpc) is 2.49. The van der Waals surface area contributed by atoms with Crippen LogP contribution >= 0.6 is 0 Å². The van der Waals surface area contributed by atoms with Crippen LogP contribution in [0.5, 0.6) is 0 Å². The average molecular weight is 278 g/mol. The molecule has 1 fully saturated rings. The summed E-state index contributed by atoms with van der Waals surface area (Å²) in [4.78, 5) is 2.47. The highest BCUT2D eigenvalue weighted by molar-refractivity contribution is 5.42. The smallest absolute Gasteiger partial charge is 0.123 e.